The topological polar surface area (TPSA) is 113 Å². The first-order chi connectivity index (χ1) is 19.5. The summed E-state index contributed by atoms with van der Waals surface area (Å²) in [5.41, 5.74) is -0.871. The standard InChI is InChI=1S/C32H48N2O8/c1-30(2,3)40-25(35)14-13-22(33-29(37)42-31(4,5)6)28(36)34-16-15-23-19(18-34)17-21-26(39-23)20-11-10-12-24(38-9)27(20)41-32(21,7)8/h10-12,19,21-23,26H,13-18H2,1-9H3,(H,33,37)/t19-,21+,22+,23+,26-/m1/s1. The van der Waals surface area contributed by atoms with Gasteiger partial charge in [0.1, 0.15) is 22.8 Å². The molecule has 0 aromatic heterocycles. The summed E-state index contributed by atoms with van der Waals surface area (Å²) < 4.78 is 29.7. The van der Waals surface area contributed by atoms with Crippen LogP contribution in [0.5, 0.6) is 11.5 Å². The van der Waals surface area contributed by atoms with E-state index in [1.54, 1.807) is 53.6 Å². The molecule has 2 fully saturated rings. The second-order valence-corrected chi connectivity index (χ2v) is 14.2. The molecule has 1 N–H and O–H groups in total. The zero-order chi connectivity index (χ0) is 31.0. The van der Waals surface area contributed by atoms with Gasteiger partial charge in [-0.3, -0.25) is 9.59 Å². The van der Waals surface area contributed by atoms with Gasteiger partial charge in [0.05, 0.1) is 19.3 Å². The van der Waals surface area contributed by atoms with Gasteiger partial charge in [0.2, 0.25) is 5.91 Å². The summed E-state index contributed by atoms with van der Waals surface area (Å²) >= 11 is 0. The molecule has 0 aliphatic carbocycles. The van der Waals surface area contributed by atoms with Crippen LogP contribution in [0, 0.1) is 11.8 Å². The van der Waals surface area contributed by atoms with Crippen molar-refractivity contribution in [3.8, 4) is 11.5 Å². The molecule has 3 aliphatic heterocycles. The van der Waals surface area contributed by atoms with Crippen LogP contribution in [0.4, 0.5) is 4.79 Å². The van der Waals surface area contributed by atoms with E-state index in [1.807, 2.05) is 18.2 Å². The number of rotatable bonds is 6. The van der Waals surface area contributed by atoms with Crippen molar-refractivity contribution in [1.82, 2.24) is 10.2 Å². The first kappa shape index (κ1) is 31.9. The van der Waals surface area contributed by atoms with Crippen molar-refractivity contribution < 1.29 is 38.1 Å². The van der Waals surface area contributed by atoms with E-state index in [9.17, 15) is 14.4 Å². The Balaban J connectivity index is 1.48. The third kappa shape index (κ3) is 7.49. The predicted molar refractivity (Wildman–Crippen MR) is 156 cm³/mol. The molecule has 0 spiro atoms. The smallest absolute Gasteiger partial charge is 0.408 e. The second-order valence-electron chi connectivity index (χ2n) is 14.2. The molecule has 2 saturated heterocycles. The number of nitrogens with zero attached hydrogens (tertiary/aromatic N) is 1. The van der Waals surface area contributed by atoms with Crippen molar-refractivity contribution in [2.45, 2.75) is 116 Å². The lowest BCUT2D eigenvalue weighted by Crippen LogP contribution is -2.58. The van der Waals surface area contributed by atoms with Crippen LogP contribution in [-0.4, -0.2) is 72.0 Å². The van der Waals surface area contributed by atoms with Gasteiger partial charge in [-0.15, -0.1) is 0 Å². The molecule has 0 saturated carbocycles. The van der Waals surface area contributed by atoms with E-state index in [0.717, 1.165) is 17.7 Å². The highest BCUT2D eigenvalue weighted by atomic mass is 16.6. The maximum absolute atomic E-state index is 13.8. The molecule has 1 aromatic carbocycles. The monoisotopic (exact) mass is 588 g/mol. The minimum Gasteiger partial charge on any atom is -0.493 e. The SMILES string of the molecule is COc1cccc2c1OC(C)(C)[C@H]1C[C@@H]3CN(C(=O)[C@H](CCC(=O)OC(C)(C)C)NC(=O)OC(C)(C)C)CC[C@@H]3O[C@H]21. The Kier molecular flexibility index (Phi) is 9.07. The number of ether oxygens (including phenoxy) is 5. The largest absolute Gasteiger partial charge is 0.493 e. The fourth-order valence-electron chi connectivity index (χ4n) is 6.24. The average molecular weight is 589 g/mol. The summed E-state index contributed by atoms with van der Waals surface area (Å²) in [6.07, 6.45) is 0.762. The molecule has 42 heavy (non-hydrogen) atoms. The Bertz CT molecular complexity index is 1170. The molecule has 4 rings (SSSR count). The van der Waals surface area contributed by atoms with Crippen LogP contribution in [0.25, 0.3) is 0 Å². The molecule has 3 heterocycles. The van der Waals surface area contributed by atoms with Crippen LogP contribution in [-0.2, 0) is 23.8 Å². The van der Waals surface area contributed by atoms with Crippen molar-refractivity contribution in [2.75, 3.05) is 20.2 Å². The molecular weight excluding hydrogens is 540 g/mol. The molecule has 1 aromatic rings. The third-order valence-electron chi connectivity index (χ3n) is 8.06. The number of carbonyl (C=O) groups excluding carboxylic acids is 3. The summed E-state index contributed by atoms with van der Waals surface area (Å²) in [5.74, 6) is 0.953. The minimum atomic E-state index is -0.921. The number of piperidine rings is 1. The number of para-hydroxylation sites is 1. The van der Waals surface area contributed by atoms with Crippen LogP contribution < -0.4 is 14.8 Å². The van der Waals surface area contributed by atoms with Crippen molar-refractivity contribution in [3.63, 3.8) is 0 Å². The first-order valence-corrected chi connectivity index (χ1v) is 15.0. The van der Waals surface area contributed by atoms with E-state index < -0.39 is 34.9 Å². The van der Waals surface area contributed by atoms with E-state index in [2.05, 4.69) is 19.2 Å². The second kappa shape index (κ2) is 11.9. The summed E-state index contributed by atoms with van der Waals surface area (Å²) in [6, 6.07) is 4.98. The van der Waals surface area contributed by atoms with Crippen molar-refractivity contribution in [2.24, 2.45) is 11.8 Å². The molecule has 0 radical (unpaired) electrons. The number of nitrogens with one attached hydrogen (secondary N) is 1. The normalized spacial score (nSPS) is 25.5. The van der Waals surface area contributed by atoms with Gasteiger partial charge in [-0.25, -0.2) is 4.79 Å². The van der Waals surface area contributed by atoms with Crippen LogP contribution in [0.3, 0.4) is 0 Å². The Hall–Kier alpha value is -3.01. The lowest BCUT2D eigenvalue weighted by atomic mass is 9.70. The Morgan fingerprint density at radius 2 is 1.79 bits per heavy atom. The molecule has 0 unspecified atom stereocenters. The zero-order valence-electron chi connectivity index (χ0n) is 26.6. The Labute approximate surface area is 249 Å². The number of alkyl carbamates (subject to hydrolysis) is 1. The summed E-state index contributed by atoms with van der Waals surface area (Å²) in [5, 5.41) is 2.72. The van der Waals surface area contributed by atoms with Crippen molar-refractivity contribution in [1.29, 1.82) is 0 Å². The molecule has 10 nitrogen and oxygen atoms in total. The lowest BCUT2D eigenvalue weighted by Gasteiger charge is -2.53. The fourth-order valence-corrected chi connectivity index (χ4v) is 6.24. The number of fused-ring (bicyclic) bond motifs is 4. The number of hydrogen-bond donors (Lipinski definition) is 1. The highest BCUT2D eigenvalue weighted by Crippen LogP contribution is 2.55. The van der Waals surface area contributed by atoms with Gasteiger partial charge >= 0.3 is 12.1 Å². The zero-order valence-corrected chi connectivity index (χ0v) is 26.6. The van der Waals surface area contributed by atoms with Gasteiger partial charge in [0, 0.05) is 36.9 Å². The highest BCUT2D eigenvalue weighted by molar-refractivity contribution is 5.86. The van der Waals surface area contributed by atoms with Crippen molar-refractivity contribution >= 4 is 18.0 Å². The quantitative estimate of drug-likeness (QED) is 0.453. The lowest BCUT2D eigenvalue weighted by molar-refractivity contribution is -0.189. The van der Waals surface area contributed by atoms with E-state index in [-0.39, 0.29) is 42.8 Å². The Morgan fingerprint density at radius 1 is 1.10 bits per heavy atom. The number of esters is 1. The van der Waals surface area contributed by atoms with Crippen molar-refractivity contribution in [3.05, 3.63) is 23.8 Å². The van der Waals surface area contributed by atoms with Crippen LogP contribution in [0.1, 0.15) is 92.7 Å². The van der Waals surface area contributed by atoms with E-state index in [4.69, 9.17) is 23.7 Å². The van der Waals surface area contributed by atoms with Crippen LogP contribution in [0.15, 0.2) is 18.2 Å². The minimum absolute atomic E-state index is 0.00929. The van der Waals surface area contributed by atoms with Gasteiger partial charge < -0.3 is 33.9 Å². The average Bonchev–Trinajstić information content (AvgIpc) is 2.87. The van der Waals surface area contributed by atoms with Gasteiger partial charge in [0.15, 0.2) is 11.5 Å². The summed E-state index contributed by atoms with van der Waals surface area (Å²) in [7, 11) is 1.64. The summed E-state index contributed by atoms with van der Waals surface area (Å²) in [6.45, 7) is 15.8. The highest BCUT2D eigenvalue weighted by Gasteiger charge is 2.52. The maximum Gasteiger partial charge on any atom is 0.408 e. The van der Waals surface area contributed by atoms with E-state index in [0.29, 0.717) is 25.3 Å². The molecule has 5 atom stereocenters. The van der Waals surface area contributed by atoms with Crippen LogP contribution >= 0.6 is 0 Å². The van der Waals surface area contributed by atoms with E-state index >= 15 is 0 Å². The third-order valence-corrected chi connectivity index (χ3v) is 8.06. The summed E-state index contributed by atoms with van der Waals surface area (Å²) in [4.78, 5) is 40.8. The number of benzene rings is 1. The molecule has 234 valence electrons. The Morgan fingerprint density at radius 3 is 2.43 bits per heavy atom. The predicted octanol–water partition coefficient (Wildman–Crippen LogP) is 5.18. The number of methoxy groups -OCH3 is 1. The van der Waals surface area contributed by atoms with E-state index in [1.165, 1.54) is 0 Å². The molecule has 10 heteroatoms. The first-order valence-electron chi connectivity index (χ1n) is 15.0. The fraction of sp³-hybridized carbons (Fsp3) is 0.719. The number of hydrogen-bond acceptors (Lipinski definition) is 8. The van der Waals surface area contributed by atoms with Gasteiger partial charge in [0.25, 0.3) is 0 Å². The van der Waals surface area contributed by atoms with Gasteiger partial charge in [-0.1, -0.05) is 12.1 Å². The number of amides is 2. The van der Waals surface area contributed by atoms with Gasteiger partial charge in [-0.2, -0.15) is 0 Å². The molecule has 0 bridgehead atoms. The molecular formula is C32H48N2O8. The molecule has 2 amide bonds. The maximum atomic E-state index is 13.8. The number of carbonyl (C=O) groups is 3. The number of likely N-dealkylation sites (tertiary alicyclic amines) is 1. The van der Waals surface area contributed by atoms with Gasteiger partial charge in [-0.05, 0) is 80.7 Å². The van der Waals surface area contributed by atoms with Crippen LogP contribution in [0.2, 0.25) is 0 Å². The molecule has 3 aliphatic rings.